The first-order chi connectivity index (χ1) is 24.8. The molecule has 54 heavy (non-hydrogen) atoms. The Morgan fingerprint density at radius 1 is 0.796 bits per heavy atom. The van der Waals surface area contributed by atoms with E-state index in [4.69, 9.17) is 5.26 Å². The second-order valence-electron chi connectivity index (χ2n) is 9.83. The Morgan fingerprint density at radius 3 is 2.04 bits per heavy atom. The van der Waals surface area contributed by atoms with Gasteiger partial charge in [-0.05, 0) is 66.7 Å². The smallest absolute Gasteiger partial charge is 0.573 e. The molecule has 22 nitrogen and oxygen atoms in total. The maximum atomic E-state index is 12.2. The molecule has 0 fully saturated rings. The number of amidine groups is 1. The number of aromatic carboxylic acids is 1. The fraction of sp³-hybridized carbons (Fsp3) is 0.0370. The van der Waals surface area contributed by atoms with E-state index < -0.39 is 79.5 Å². The number of hydrogen-bond donors (Lipinski definition) is 7. The van der Waals surface area contributed by atoms with Gasteiger partial charge in [0.1, 0.15) is 21.2 Å². The number of anilines is 1. The quantitative estimate of drug-likeness (QED) is 0.0114. The van der Waals surface area contributed by atoms with Crippen molar-refractivity contribution in [2.75, 3.05) is 12.4 Å². The molecule has 0 bridgehead atoms. The number of nitrogens with one attached hydrogen (secondary N) is 1. The Morgan fingerprint density at radius 2 is 1.46 bits per heavy atom. The summed E-state index contributed by atoms with van der Waals surface area (Å²) in [5.74, 6) is -3.54. The fourth-order valence-corrected chi connectivity index (χ4v) is 6.20. The maximum absolute atomic E-state index is 12.2. The minimum absolute atomic E-state index is 0. The molecule has 4 aromatic carbocycles. The van der Waals surface area contributed by atoms with Crippen LogP contribution in [0.1, 0.15) is 15.9 Å². The molecule has 0 aliphatic carbocycles. The van der Waals surface area contributed by atoms with Gasteiger partial charge in [-0.2, -0.15) is 30.4 Å². The number of phenolic OH excluding ortho intramolecular Hbond substituents is 1. The van der Waals surface area contributed by atoms with E-state index in [9.17, 15) is 53.9 Å². The maximum Gasteiger partial charge on any atom is 1.00 e. The molecule has 0 saturated heterocycles. The summed E-state index contributed by atoms with van der Waals surface area (Å²) in [6.07, 6.45) is 0. The van der Waals surface area contributed by atoms with Gasteiger partial charge < -0.3 is 26.1 Å². The van der Waals surface area contributed by atoms with E-state index >= 15 is 0 Å². The largest absolute Gasteiger partial charge is 1.00 e. The molecule has 290 valence electrons. The monoisotopic (exact) mass is 875 g/mol. The predicted molar refractivity (Wildman–Crippen MR) is 182 cm³/mol. The van der Waals surface area contributed by atoms with Gasteiger partial charge in [-0.25, -0.2) is 10.1 Å². The topological polar surface area (TPSA) is 347 Å². The van der Waals surface area contributed by atoms with E-state index in [2.05, 4.69) is 45.7 Å². The molecule has 4 aromatic rings. The van der Waals surface area contributed by atoms with Crippen LogP contribution >= 0.6 is 12.0 Å². The zero-order valence-electron chi connectivity index (χ0n) is 26.4. The molecule has 0 saturated carbocycles. The SMILES string of the molecule is CNc1ccc(N=Nc2cc(/C(N=Nc3cc(S(=O)(=O)O)cc(S(=O)(=O)O)c3O)=N/[N-]c3ccc(SOOO)cc3C(=O)O)ccc2S(=O)(=O)O)cc1.[Cu+]. The van der Waals surface area contributed by atoms with Gasteiger partial charge in [0.15, 0.2) is 11.6 Å². The van der Waals surface area contributed by atoms with Gasteiger partial charge in [-0.3, -0.25) is 13.7 Å². The summed E-state index contributed by atoms with van der Waals surface area (Å²) in [5, 5.41) is 54.1. The number of carboxylic acids is 1. The van der Waals surface area contributed by atoms with Crippen LogP contribution in [0.15, 0.2) is 118 Å². The number of carbonyl (C=O) groups is 1. The van der Waals surface area contributed by atoms with Crippen LogP contribution in [0, 0.1) is 0 Å². The zero-order valence-corrected chi connectivity index (χ0v) is 30.6. The van der Waals surface area contributed by atoms with Crippen molar-refractivity contribution < 1.29 is 85.6 Å². The molecular weight excluding hydrogens is 854 g/mol. The van der Waals surface area contributed by atoms with Crippen LogP contribution in [-0.4, -0.2) is 73.2 Å². The first kappa shape index (κ1) is 43.5. The number of carboxylic acid groups (broad SMARTS) is 1. The third-order valence-electron chi connectivity index (χ3n) is 6.39. The molecule has 27 heteroatoms. The van der Waals surface area contributed by atoms with Crippen molar-refractivity contribution in [3.8, 4) is 5.75 Å². The van der Waals surface area contributed by atoms with Gasteiger partial charge in [-0.1, -0.05) is 11.1 Å². The molecule has 0 unspecified atom stereocenters. The first-order valence-corrected chi connectivity index (χ1v) is 18.7. The number of nitrogens with zero attached hydrogens (tertiary/aromatic N) is 6. The van der Waals surface area contributed by atoms with Gasteiger partial charge >= 0.3 is 23.0 Å². The summed E-state index contributed by atoms with van der Waals surface area (Å²) in [5.41, 5.74) is 2.23. The molecule has 4 rings (SSSR count). The van der Waals surface area contributed by atoms with Gasteiger partial charge in [-0.15, -0.1) is 25.4 Å². The van der Waals surface area contributed by atoms with Crippen molar-refractivity contribution in [1.29, 1.82) is 0 Å². The Hall–Kier alpha value is -4.90. The molecule has 0 aromatic heterocycles. The predicted octanol–water partition coefficient (Wildman–Crippen LogP) is 5.86. The first-order valence-electron chi connectivity index (χ1n) is 13.7. The van der Waals surface area contributed by atoms with Crippen molar-refractivity contribution in [3.63, 3.8) is 0 Å². The molecule has 0 heterocycles. The molecule has 0 amide bonds. The van der Waals surface area contributed by atoms with Gasteiger partial charge in [0.2, 0.25) is 0 Å². The van der Waals surface area contributed by atoms with Gasteiger partial charge in [0, 0.05) is 28.8 Å². The van der Waals surface area contributed by atoms with Crippen molar-refractivity contribution in [1.82, 2.24) is 0 Å². The third kappa shape index (κ3) is 11.3. The Bertz CT molecular complexity index is 2480. The summed E-state index contributed by atoms with van der Waals surface area (Å²) in [7, 11) is -13.8. The fourth-order valence-electron chi connectivity index (χ4n) is 3.97. The normalized spacial score (nSPS) is 12.5. The summed E-state index contributed by atoms with van der Waals surface area (Å²) < 4.78 is 105. The van der Waals surface area contributed by atoms with E-state index in [1.54, 1.807) is 19.2 Å². The molecule has 0 aliphatic rings. The summed E-state index contributed by atoms with van der Waals surface area (Å²) >= 11 is 0.421. The number of rotatable bonds is 14. The van der Waals surface area contributed by atoms with E-state index in [1.807, 2.05) is 0 Å². The van der Waals surface area contributed by atoms with Crippen LogP contribution < -0.4 is 5.32 Å². The van der Waals surface area contributed by atoms with Crippen LogP contribution in [0.2, 0.25) is 0 Å². The molecule has 0 atom stereocenters. The third-order valence-corrected chi connectivity index (χ3v) is 9.57. The number of benzene rings is 4. The standard InChI is InChI=1S/C27H23N7O15S4.Cu/c1-28-15-3-5-16(6-4-15)29-31-21-10-14(2-9-23(21)52(42,43)44)26(33-30-20-8-7-17(50-49-48-38)11-19(20)27(36)37)34-32-22-12-18(51(39,40)41)13-24(25(22)35)53(45,46)47;/h2-13H,1H3,(H8,28,29,30,31,32,33,34,35,36,37,38,39,40,41,42,43,44,45,46,47);/q;+1/p-1. The minimum atomic E-state index is -5.33. The average molecular weight is 876 g/mol. The van der Waals surface area contributed by atoms with E-state index in [0.717, 1.165) is 30.3 Å². The average Bonchev–Trinajstić information content (AvgIpc) is 3.09. The van der Waals surface area contributed by atoms with Crippen LogP contribution in [0.3, 0.4) is 0 Å². The van der Waals surface area contributed by atoms with Crippen molar-refractivity contribution in [2.24, 2.45) is 25.6 Å². The van der Waals surface area contributed by atoms with Crippen molar-refractivity contribution in [3.05, 3.63) is 89.3 Å². The number of hydrogen-bond acceptors (Lipinski definition) is 17. The molecule has 0 radical (unpaired) electrons. The zero-order chi connectivity index (χ0) is 39.1. The summed E-state index contributed by atoms with van der Waals surface area (Å²) in [4.78, 5) is 8.79. The summed E-state index contributed by atoms with van der Waals surface area (Å²) in [6.45, 7) is 0. The van der Waals surface area contributed by atoms with E-state index in [0.29, 0.717) is 23.8 Å². The van der Waals surface area contributed by atoms with Gasteiger partial charge in [0.25, 0.3) is 30.4 Å². The van der Waals surface area contributed by atoms with Crippen LogP contribution in [0.4, 0.5) is 28.4 Å². The number of azo groups is 2. The molecule has 7 N–H and O–H groups in total. The van der Waals surface area contributed by atoms with Gasteiger partial charge in [0.05, 0.1) is 22.6 Å². The second-order valence-corrected chi connectivity index (χ2v) is 14.8. The summed E-state index contributed by atoms with van der Waals surface area (Å²) in [6, 6.07) is 13.2. The van der Waals surface area contributed by atoms with Crippen LogP contribution in [0.5, 0.6) is 5.75 Å². The Kier molecular flexibility index (Phi) is 14.5. The Labute approximate surface area is 319 Å². The molecular formula is C27H22CuN7O15S4. The van der Waals surface area contributed by atoms with E-state index in [-0.39, 0.29) is 45.0 Å². The van der Waals surface area contributed by atoms with E-state index in [1.165, 1.54) is 18.2 Å². The van der Waals surface area contributed by atoms with Crippen LogP contribution in [-0.2, 0) is 56.8 Å². The Balaban J connectivity index is 0.00000784. The van der Waals surface area contributed by atoms with Crippen LogP contribution in [0.25, 0.3) is 5.43 Å². The van der Waals surface area contributed by atoms with Crippen molar-refractivity contribution in [2.45, 2.75) is 19.6 Å². The second kappa shape index (κ2) is 18.0. The number of phenols is 1. The minimum Gasteiger partial charge on any atom is -0.573 e. The van der Waals surface area contributed by atoms with Crippen molar-refractivity contribution >= 4 is 82.6 Å². The molecule has 0 aliphatic heterocycles. The molecule has 0 spiro atoms. The number of aromatic hydroxyl groups is 1.